The number of aliphatic hydroxyl groups is 1. The van der Waals surface area contributed by atoms with E-state index in [1.165, 1.54) is 0 Å². The van der Waals surface area contributed by atoms with Crippen LogP contribution >= 0.6 is 15.9 Å². The quantitative estimate of drug-likeness (QED) is 0.595. The predicted octanol–water partition coefficient (Wildman–Crippen LogP) is 2.50. The summed E-state index contributed by atoms with van der Waals surface area (Å²) in [4.78, 5) is 0. The van der Waals surface area contributed by atoms with Crippen LogP contribution in [0.2, 0.25) is 0 Å². The molecule has 0 heterocycles. The van der Waals surface area contributed by atoms with Crippen molar-refractivity contribution in [1.29, 1.82) is 0 Å². The summed E-state index contributed by atoms with van der Waals surface area (Å²) in [5.41, 5.74) is -8.01. The van der Waals surface area contributed by atoms with Gasteiger partial charge in [-0.3, -0.25) is 0 Å². The first-order valence-electron chi connectivity index (χ1n) is 6.64. The van der Waals surface area contributed by atoms with Crippen LogP contribution in [0, 0.1) is 0 Å². The highest BCUT2D eigenvalue weighted by molar-refractivity contribution is 9.10. The highest BCUT2D eigenvalue weighted by atomic mass is 79.9. The number of anilines is 1. The third-order valence-corrected chi connectivity index (χ3v) is 7.07. The molecule has 0 aliphatic heterocycles. The van der Waals surface area contributed by atoms with Crippen molar-refractivity contribution in [1.82, 2.24) is 0 Å². The Bertz CT molecular complexity index is 928. The van der Waals surface area contributed by atoms with Crippen molar-refractivity contribution >= 4 is 41.7 Å². The van der Waals surface area contributed by atoms with Crippen LogP contribution in [0.15, 0.2) is 16.6 Å². The lowest BCUT2D eigenvalue weighted by atomic mass is 9.92. The maximum atomic E-state index is 13.1. The van der Waals surface area contributed by atoms with E-state index < -0.39 is 59.5 Å². The van der Waals surface area contributed by atoms with Crippen molar-refractivity contribution in [2.24, 2.45) is 0 Å². The van der Waals surface area contributed by atoms with Gasteiger partial charge in [-0.15, -0.1) is 0 Å². The molecule has 0 fully saturated rings. The average Bonchev–Trinajstić information content (AvgIpc) is 2.42. The third-order valence-electron chi connectivity index (χ3n) is 3.27. The van der Waals surface area contributed by atoms with Crippen LogP contribution in [0.5, 0.6) is 5.75 Å². The second kappa shape index (κ2) is 7.21. The van der Waals surface area contributed by atoms with Gasteiger partial charge in [0.15, 0.2) is 0 Å². The van der Waals surface area contributed by atoms with E-state index in [4.69, 9.17) is 0 Å². The van der Waals surface area contributed by atoms with E-state index in [1.54, 1.807) is 0 Å². The van der Waals surface area contributed by atoms with Gasteiger partial charge in [0.2, 0.25) is 20.0 Å². The highest BCUT2D eigenvalue weighted by Gasteiger charge is 2.71. The summed E-state index contributed by atoms with van der Waals surface area (Å²) < 4.78 is 129. The Balaban J connectivity index is 4.01. The molecule has 0 bridgehead atoms. The minimum absolute atomic E-state index is 0.0461. The fourth-order valence-electron chi connectivity index (χ4n) is 2.18. The van der Waals surface area contributed by atoms with Gasteiger partial charge >= 0.3 is 12.4 Å². The summed E-state index contributed by atoms with van der Waals surface area (Å²) in [6.07, 6.45) is -11.6. The SMILES string of the molecule is COc1cc(C(O)(C(F)(F)F)C(F)(F)F)cc(Br)c1N(S(C)(=O)=O)S(C)(=O)=O. The first-order chi connectivity index (χ1) is 12.2. The fourth-order valence-corrected chi connectivity index (χ4v) is 6.04. The summed E-state index contributed by atoms with van der Waals surface area (Å²) in [6, 6.07) is 0.145. The molecular weight excluding hydrogens is 512 g/mol. The van der Waals surface area contributed by atoms with Gasteiger partial charge in [-0.1, -0.05) is 0 Å². The van der Waals surface area contributed by atoms with Gasteiger partial charge in [-0.2, -0.15) is 30.1 Å². The minimum Gasteiger partial charge on any atom is -0.494 e. The van der Waals surface area contributed by atoms with Crippen molar-refractivity contribution in [3.63, 3.8) is 0 Å². The monoisotopic (exact) mass is 523 g/mol. The van der Waals surface area contributed by atoms with Crippen LogP contribution in [0.25, 0.3) is 0 Å². The van der Waals surface area contributed by atoms with Gasteiger partial charge in [-0.25, -0.2) is 16.8 Å². The van der Waals surface area contributed by atoms with Crippen LogP contribution < -0.4 is 8.45 Å². The molecule has 1 aromatic carbocycles. The van der Waals surface area contributed by atoms with Crippen molar-refractivity contribution in [3.05, 3.63) is 22.2 Å². The Labute approximate surface area is 164 Å². The summed E-state index contributed by atoms with van der Waals surface area (Å²) in [5.74, 6) is -0.993. The Morgan fingerprint density at radius 1 is 0.964 bits per heavy atom. The summed E-state index contributed by atoms with van der Waals surface area (Å²) in [7, 11) is -8.47. The van der Waals surface area contributed by atoms with E-state index in [-0.39, 0.29) is 15.8 Å². The van der Waals surface area contributed by atoms with Crippen molar-refractivity contribution in [3.8, 4) is 5.75 Å². The third kappa shape index (κ3) is 4.33. The van der Waals surface area contributed by atoms with E-state index in [9.17, 15) is 48.3 Å². The number of benzene rings is 1. The smallest absolute Gasteiger partial charge is 0.430 e. The number of rotatable bonds is 5. The molecule has 1 N–H and O–H groups in total. The van der Waals surface area contributed by atoms with Crippen molar-refractivity contribution in [2.75, 3.05) is 23.3 Å². The molecule has 0 saturated carbocycles. The maximum absolute atomic E-state index is 13.1. The van der Waals surface area contributed by atoms with Crippen LogP contribution in [0.4, 0.5) is 32.0 Å². The van der Waals surface area contributed by atoms with Gasteiger partial charge in [-0.05, 0) is 28.1 Å². The number of alkyl halides is 6. The largest absolute Gasteiger partial charge is 0.494 e. The Morgan fingerprint density at radius 3 is 1.64 bits per heavy atom. The zero-order valence-corrected chi connectivity index (χ0v) is 17.3. The number of methoxy groups -OCH3 is 1. The zero-order chi connectivity index (χ0) is 22.5. The van der Waals surface area contributed by atoms with E-state index >= 15 is 0 Å². The molecule has 28 heavy (non-hydrogen) atoms. The van der Waals surface area contributed by atoms with Gasteiger partial charge in [0.25, 0.3) is 5.60 Å². The Kier molecular flexibility index (Phi) is 6.38. The number of hydrogen-bond donors (Lipinski definition) is 1. The van der Waals surface area contributed by atoms with Crippen LogP contribution in [-0.2, 0) is 25.6 Å². The fraction of sp³-hybridized carbons (Fsp3) is 0.500. The molecule has 7 nitrogen and oxygen atoms in total. The normalized spacial score (nSPS) is 14.1. The lowest BCUT2D eigenvalue weighted by Crippen LogP contribution is -2.54. The van der Waals surface area contributed by atoms with Crippen molar-refractivity contribution in [2.45, 2.75) is 18.0 Å². The zero-order valence-electron chi connectivity index (χ0n) is 14.1. The molecule has 1 rings (SSSR count). The molecule has 0 aliphatic rings. The lowest BCUT2D eigenvalue weighted by molar-refractivity contribution is -0.376. The molecule has 0 amide bonds. The van der Waals surface area contributed by atoms with E-state index in [0.717, 1.165) is 7.11 Å². The molecule has 0 radical (unpaired) electrons. The molecule has 0 atom stereocenters. The molecule has 16 heteroatoms. The van der Waals surface area contributed by atoms with E-state index in [0.29, 0.717) is 12.5 Å². The number of nitrogens with zero attached hydrogens (tertiary/aromatic N) is 1. The summed E-state index contributed by atoms with van der Waals surface area (Å²) >= 11 is 2.55. The van der Waals surface area contributed by atoms with Crippen LogP contribution in [-0.4, -0.2) is 53.9 Å². The highest BCUT2D eigenvalue weighted by Crippen LogP contribution is 2.52. The molecule has 0 aliphatic carbocycles. The molecule has 0 spiro atoms. The van der Waals surface area contributed by atoms with Crippen molar-refractivity contribution < 1.29 is 53.0 Å². The first-order valence-corrected chi connectivity index (χ1v) is 11.1. The summed E-state index contributed by atoms with van der Waals surface area (Å²) in [5, 5.41) is 9.47. The predicted molar refractivity (Wildman–Crippen MR) is 88.9 cm³/mol. The van der Waals surface area contributed by atoms with E-state index in [2.05, 4.69) is 20.7 Å². The standard InChI is InChI=1S/C12H12BrF6NO6S2/c1-26-8-5-6(10(21,11(14,15)16)12(17,18)19)4-7(13)9(8)20(27(2,22)23)28(3,24)25/h4-5,21H,1-3H3. The second-order valence-corrected chi connectivity index (χ2v) is 10.2. The van der Waals surface area contributed by atoms with Gasteiger partial charge in [0, 0.05) is 10.0 Å². The number of halogens is 7. The van der Waals surface area contributed by atoms with Gasteiger partial charge in [0.1, 0.15) is 11.4 Å². The number of sulfonamides is 2. The Morgan fingerprint density at radius 2 is 1.36 bits per heavy atom. The second-order valence-electron chi connectivity index (χ2n) is 5.44. The molecular formula is C12H12BrF6NO6S2. The van der Waals surface area contributed by atoms with Crippen LogP contribution in [0.3, 0.4) is 0 Å². The average molecular weight is 524 g/mol. The molecule has 0 aromatic heterocycles. The molecule has 1 aromatic rings. The van der Waals surface area contributed by atoms with E-state index in [1.807, 2.05) is 0 Å². The molecule has 162 valence electrons. The molecule has 0 unspecified atom stereocenters. The minimum atomic E-state index is -6.22. The van der Waals surface area contributed by atoms with Gasteiger partial charge in [0.05, 0.1) is 19.6 Å². The first kappa shape index (κ1) is 24.8. The molecule has 0 saturated heterocycles. The summed E-state index contributed by atoms with van der Waals surface area (Å²) in [6.45, 7) is 0. The Hall–Kier alpha value is -1.26. The van der Waals surface area contributed by atoms with Crippen LogP contribution in [0.1, 0.15) is 5.56 Å². The number of hydrogen-bond acceptors (Lipinski definition) is 6. The lowest BCUT2D eigenvalue weighted by Gasteiger charge is -2.33. The maximum Gasteiger partial charge on any atom is 0.430 e. The number of ether oxygens (including phenoxy) is 1. The van der Waals surface area contributed by atoms with Gasteiger partial charge < -0.3 is 9.84 Å². The topological polar surface area (TPSA) is 101 Å².